The molecule has 5 aromatic rings. The molecule has 0 aliphatic carbocycles. The molecule has 0 radical (unpaired) electrons. The first kappa shape index (κ1) is 39.5. The van der Waals surface area contributed by atoms with E-state index >= 15 is 0 Å². The summed E-state index contributed by atoms with van der Waals surface area (Å²) in [6, 6.07) is 28.7. The van der Waals surface area contributed by atoms with E-state index in [4.69, 9.17) is 23.2 Å². The fraction of sp³-hybridized carbons (Fsp3) is 0.368. The van der Waals surface area contributed by atoms with Gasteiger partial charge < -0.3 is 14.7 Å². The first-order valence-electron chi connectivity index (χ1n) is 16.9. The quantitative estimate of drug-likeness (QED) is 0.154. The highest BCUT2D eigenvalue weighted by Crippen LogP contribution is 2.37. The van der Waals surface area contributed by atoms with Crippen molar-refractivity contribution in [3.63, 3.8) is 0 Å². The van der Waals surface area contributed by atoms with Crippen LogP contribution in [0.25, 0.3) is 5.65 Å². The molecule has 0 saturated carbocycles. The molecule has 1 fully saturated rings. The Balaban J connectivity index is 0.000000219. The van der Waals surface area contributed by atoms with Gasteiger partial charge in [0.15, 0.2) is 5.65 Å². The first-order chi connectivity index (χ1) is 23.4. The molecule has 0 spiro atoms. The molecule has 7 rings (SSSR count). The number of rotatable bonds is 9. The largest absolute Gasteiger partial charge is 0.369 e. The lowest BCUT2D eigenvalue weighted by atomic mass is 10.0. The SMILES string of the molecule is CN(C)CCCN1c2ccccc2CCc2ccc(Cl)cc21.Cl.Cl.O=c1n(CCCN2CCN(c3cccc(Cl)c3)CC2)nc2ccccn12. The van der Waals surface area contributed by atoms with Gasteiger partial charge in [-0.3, -0.25) is 9.30 Å². The summed E-state index contributed by atoms with van der Waals surface area (Å²) in [6.45, 7) is 7.76. The van der Waals surface area contributed by atoms with Crippen LogP contribution >= 0.6 is 48.0 Å². The molecular weight excluding hydrogens is 712 g/mol. The molecule has 1 saturated heterocycles. The van der Waals surface area contributed by atoms with Gasteiger partial charge in [0.05, 0.1) is 0 Å². The average Bonchev–Trinajstić information content (AvgIpc) is 3.32. The molecule has 2 aromatic heterocycles. The van der Waals surface area contributed by atoms with E-state index in [0.29, 0.717) is 12.2 Å². The summed E-state index contributed by atoms with van der Waals surface area (Å²) in [4.78, 5) is 21.8. The van der Waals surface area contributed by atoms with E-state index in [2.05, 4.69) is 81.3 Å². The van der Waals surface area contributed by atoms with Crippen LogP contribution in [0.4, 0.5) is 17.1 Å². The Morgan fingerprint density at radius 2 is 1.44 bits per heavy atom. The Kier molecular flexibility index (Phi) is 14.9. The number of anilines is 3. The van der Waals surface area contributed by atoms with E-state index < -0.39 is 0 Å². The van der Waals surface area contributed by atoms with Crippen LogP contribution in [0.5, 0.6) is 0 Å². The lowest BCUT2D eigenvalue weighted by Gasteiger charge is -2.36. The van der Waals surface area contributed by atoms with Crippen LogP contribution in [0.15, 0.2) is 95.9 Å². The highest BCUT2D eigenvalue weighted by molar-refractivity contribution is 6.31. The Bertz CT molecular complexity index is 1870. The minimum Gasteiger partial charge on any atom is -0.369 e. The van der Waals surface area contributed by atoms with Gasteiger partial charge in [-0.2, -0.15) is 0 Å². The molecule has 0 N–H and O–H groups in total. The van der Waals surface area contributed by atoms with Crippen LogP contribution in [0.1, 0.15) is 24.0 Å². The second-order valence-corrected chi connectivity index (χ2v) is 13.7. The highest BCUT2D eigenvalue weighted by atomic mass is 35.5. The topological polar surface area (TPSA) is 52.3 Å². The zero-order valence-corrected chi connectivity index (χ0v) is 31.9. The van der Waals surface area contributed by atoms with E-state index in [0.717, 1.165) is 81.5 Å². The Morgan fingerprint density at radius 3 is 2.18 bits per heavy atom. The van der Waals surface area contributed by atoms with Crippen molar-refractivity contribution in [1.82, 2.24) is 24.0 Å². The number of aryl methyl sites for hydroxylation is 3. The van der Waals surface area contributed by atoms with E-state index in [9.17, 15) is 4.79 Å². The Morgan fingerprint density at radius 1 is 0.720 bits per heavy atom. The van der Waals surface area contributed by atoms with Crippen molar-refractivity contribution in [2.75, 3.05) is 69.7 Å². The second-order valence-electron chi connectivity index (χ2n) is 12.8. The van der Waals surface area contributed by atoms with Crippen molar-refractivity contribution in [3.05, 3.63) is 123 Å². The standard InChI is InChI=1S/C19H22ClN5O.C19H23ClN2.2ClH/c20-16-5-3-6-17(15-16)23-13-11-22(12-14-23)8-4-10-25-19(26)24-9-2-1-7-18(24)21-25;1-21(2)12-5-13-22-18-7-4-3-6-15(18)8-9-16-10-11-17(20)14-19(16)22;;/h1-3,5-7,9,15H,4,8,10-14H2;3-4,6-7,10-11,14H,5,8-9,12-13H2,1-2H3;2*1H. The molecule has 50 heavy (non-hydrogen) atoms. The van der Waals surface area contributed by atoms with E-state index in [-0.39, 0.29) is 30.5 Å². The number of fused-ring (bicyclic) bond motifs is 3. The summed E-state index contributed by atoms with van der Waals surface area (Å²) in [5, 5.41) is 5.98. The van der Waals surface area contributed by atoms with Crippen molar-refractivity contribution in [1.29, 1.82) is 0 Å². The van der Waals surface area contributed by atoms with Gasteiger partial charge in [0.1, 0.15) is 0 Å². The maximum Gasteiger partial charge on any atom is 0.350 e. The number of para-hydroxylation sites is 1. The van der Waals surface area contributed by atoms with Gasteiger partial charge in [0, 0.05) is 79.1 Å². The maximum atomic E-state index is 12.3. The van der Waals surface area contributed by atoms with Crippen molar-refractivity contribution < 1.29 is 0 Å². The Hall–Kier alpha value is -3.24. The molecule has 8 nitrogen and oxygen atoms in total. The molecule has 0 unspecified atom stereocenters. The third-order valence-electron chi connectivity index (χ3n) is 9.15. The number of hydrogen-bond acceptors (Lipinski definition) is 6. The molecule has 3 aromatic carbocycles. The number of nitrogens with zero attached hydrogens (tertiary/aromatic N) is 7. The van der Waals surface area contributed by atoms with Crippen molar-refractivity contribution in [3.8, 4) is 0 Å². The summed E-state index contributed by atoms with van der Waals surface area (Å²) >= 11 is 12.4. The molecule has 268 valence electrons. The summed E-state index contributed by atoms with van der Waals surface area (Å²) in [7, 11) is 4.25. The summed E-state index contributed by atoms with van der Waals surface area (Å²) in [5.41, 5.74) is 7.26. The zero-order chi connectivity index (χ0) is 33.5. The first-order valence-corrected chi connectivity index (χ1v) is 17.7. The summed E-state index contributed by atoms with van der Waals surface area (Å²) < 4.78 is 3.15. The number of hydrogen-bond donors (Lipinski definition) is 0. The molecule has 12 heteroatoms. The van der Waals surface area contributed by atoms with Gasteiger partial charge in [0.2, 0.25) is 0 Å². The molecule has 0 bridgehead atoms. The van der Waals surface area contributed by atoms with Gasteiger partial charge >= 0.3 is 5.69 Å². The van der Waals surface area contributed by atoms with Gasteiger partial charge in [-0.05, 0) is 106 Å². The summed E-state index contributed by atoms with van der Waals surface area (Å²) in [5.74, 6) is 0. The number of benzene rings is 3. The third-order valence-corrected chi connectivity index (χ3v) is 9.62. The minimum atomic E-state index is -0.0635. The van der Waals surface area contributed by atoms with E-state index in [1.54, 1.807) is 15.3 Å². The highest BCUT2D eigenvalue weighted by Gasteiger charge is 2.21. The van der Waals surface area contributed by atoms with Gasteiger partial charge in [0.25, 0.3) is 0 Å². The number of aromatic nitrogens is 3. The predicted molar refractivity (Wildman–Crippen MR) is 214 cm³/mol. The van der Waals surface area contributed by atoms with Crippen LogP contribution in [0.2, 0.25) is 10.0 Å². The third kappa shape index (κ3) is 9.96. The minimum absolute atomic E-state index is 0. The average molecular weight is 760 g/mol. The lowest BCUT2D eigenvalue weighted by molar-refractivity contribution is 0.248. The normalized spacial score (nSPS) is 14.2. The molecule has 4 heterocycles. The maximum absolute atomic E-state index is 12.3. The molecule has 0 atom stereocenters. The molecular formula is C38H47Cl4N7O. The van der Waals surface area contributed by atoms with Crippen LogP contribution < -0.4 is 15.5 Å². The Labute approximate surface area is 318 Å². The van der Waals surface area contributed by atoms with Crippen molar-refractivity contribution in [2.45, 2.75) is 32.2 Å². The molecule has 2 aliphatic heterocycles. The lowest BCUT2D eigenvalue weighted by Crippen LogP contribution is -2.46. The van der Waals surface area contributed by atoms with Crippen molar-refractivity contribution in [2.24, 2.45) is 0 Å². The molecule has 2 aliphatic rings. The van der Waals surface area contributed by atoms with Gasteiger partial charge in [-0.25, -0.2) is 9.48 Å². The second kappa shape index (κ2) is 18.8. The number of pyridine rings is 1. The fourth-order valence-corrected chi connectivity index (χ4v) is 6.98. The number of halogens is 4. The predicted octanol–water partition coefficient (Wildman–Crippen LogP) is 7.73. The van der Waals surface area contributed by atoms with Gasteiger partial charge in [-0.1, -0.05) is 59.6 Å². The van der Waals surface area contributed by atoms with Crippen LogP contribution in [-0.2, 0) is 19.4 Å². The smallest absolute Gasteiger partial charge is 0.350 e. The van der Waals surface area contributed by atoms with Crippen LogP contribution in [0, 0.1) is 0 Å². The molecule has 0 amide bonds. The fourth-order valence-electron chi connectivity index (χ4n) is 6.63. The summed E-state index contributed by atoms with van der Waals surface area (Å²) in [6.07, 6.45) is 5.98. The van der Waals surface area contributed by atoms with Gasteiger partial charge in [-0.15, -0.1) is 29.9 Å². The van der Waals surface area contributed by atoms with Crippen LogP contribution in [0.3, 0.4) is 0 Å². The van der Waals surface area contributed by atoms with Crippen LogP contribution in [-0.4, -0.2) is 83.9 Å². The zero-order valence-electron chi connectivity index (χ0n) is 28.8. The monoisotopic (exact) mass is 757 g/mol. The van der Waals surface area contributed by atoms with E-state index in [1.165, 1.54) is 28.2 Å². The van der Waals surface area contributed by atoms with E-state index in [1.807, 2.05) is 42.5 Å². The number of piperazine rings is 1. The van der Waals surface area contributed by atoms with Crippen molar-refractivity contribution >= 4 is 70.7 Å².